The van der Waals surface area contributed by atoms with Gasteiger partial charge in [-0.3, -0.25) is 9.59 Å². The summed E-state index contributed by atoms with van der Waals surface area (Å²) in [6.07, 6.45) is 1.96. The van der Waals surface area contributed by atoms with Gasteiger partial charge in [-0.2, -0.15) is 0 Å². The molecule has 0 radical (unpaired) electrons. The molecule has 1 aromatic rings. The van der Waals surface area contributed by atoms with Crippen LogP contribution in [0.2, 0.25) is 0 Å². The van der Waals surface area contributed by atoms with Crippen molar-refractivity contribution in [2.45, 2.75) is 19.3 Å². The van der Waals surface area contributed by atoms with Crippen molar-refractivity contribution in [2.75, 3.05) is 0 Å². The van der Waals surface area contributed by atoms with Crippen LogP contribution in [0, 0.1) is 5.92 Å². The third-order valence-corrected chi connectivity index (χ3v) is 2.67. The van der Waals surface area contributed by atoms with Crippen LogP contribution in [0.25, 0.3) is 0 Å². The van der Waals surface area contributed by atoms with Crippen molar-refractivity contribution >= 4 is 22.9 Å². The Morgan fingerprint density at radius 3 is 2.85 bits per heavy atom. The third kappa shape index (κ3) is 2.01. The molecule has 0 saturated heterocycles. The summed E-state index contributed by atoms with van der Waals surface area (Å²) in [6.45, 7) is 0. The molecule has 0 amide bonds. The van der Waals surface area contributed by atoms with Crippen LogP contribution >= 0.6 is 11.3 Å². The average molecular weight is 195 g/mol. The minimum Gasteiger partial charge on any atom is -0.299 e. The molecular formula is C9H9NO2S. The van der Waals surface area contributed by atoms with Gasteiger partial charge in [-0.1, -0.05) is 0 Å². The van der Waals surface area contributed by atoms with Gasteiger partial charge in [0, 0.05) is 11.3 Å². The maximum atomic E-state index is 11.4. The lowest BCUT2D eigenvalue weighted by molar-refractivity contribution is -0.119. The highest BCUT2D eigenvalue weighted by Crippen LogP contribution is 2.31. The van der Waals surface area contributed by atoms with Crippen LogP contribution in [0.5, 0.6) is 0 Å². The van der Waals surface area contributed by atoms with Gasteiger partial charge in [-0.15, -0.1) is 11.3 Å². The fourth-order valence-electron chi connectivity index (χ4n) is 1.15. The van der Waals surface area contributed by atoms with Crippen molar-refractivity contribution in [1.82, 2.24) is 4.98 Å². The maximum Gasteiger partial charge on any atom is 0.189 e. The molecule has 0 atom stereocenters. The summed E-state index contributed by atoms with van der Waals surface area (Å²) in [4.78, 5) is 26.5. The Kier molecular flexibility index (Phi) is 2.22. The van der Waals surface area contributed by atoms with Crippen LogP contribution in [0.1, 0.15) is 29.8 Å². The summed E-state index contributed by atoms with van der Waals surface area (Å²) in [7, 11) is 0. The molecule has 1 aliphatic rings. The zero-order valence-corrected chi connectivity index (χ0v) is 7.84. The smallest absolute Gasteiger partial charge is 0.189 e. The molecule has 1 saturated carbocycles. The Morgan fingerprint density at radius 2 is 2.31 bits per heavy atom. The summed E-state index contributed by atoms with van der Waals surface area (Å²) < 4.78 is 0. The molecule has 1 aliphatic carbocycles. The van der Waals surface area contributed by atoms with Gasteiger partial charge in [-0.25, -0.2) is 4.98 Å². The number of rotatable bonds is 4. The van der Waals surface area contributed by atoms with E-state index in [2.05, 4.69) is 4.98 Å². The minimum absolute atomic E-state index is 0.0361. The normalized spacial score (nSPS) is 15.7. The van der Waals surface area contributed by atoms with Crippen molar-refractivity contribution in [2.24, 2.45) is 5.92 Å². The Bertz CT molecular complexity index is 327. The number of thiazole rings is 1. The molecule has 1 fully saturated rings. The molecule has 4 heteroatoms. The van der Waals surface area contributed by atoms with Gasteiger partial charge in [0.25, 0.3) is 0 Å². The summed E-state index contributed by atoms with van der Waals surface area (Å²) >= 11 is 1.38. The topological polar surface area (TPSA) is 47.0 Å². The Labute approximate surface area is 79.8 Å². The van der Waals surface area contributed by atoms with Crippen LogP contribution in [-0.4, -0.2) is 16.6 Å². The van der Waals surface area contributed by atoms with E-state index >= 15 is 0 Å². The summed E-state index contributed by atoms with van der Waals surface area (Å²) in [5.74, 6) is 0.110. The van der Waals surface area contributed by atoms with Crippen LogP contribution in [0.4, 0.5) is 0 Å². The van der Waals surface area contributed by atoms with Crippen LogP contribution < -0.4 is 0 Å². The van der Waals surface area contributed by atoms with Gasteiger partial charge in [0.2, 0.25) is 0 Å². The molecule has 0 unspecified atom stereocenters. The zero-order valence-electron chi connectivity index (χ0n) is 7.03. The van der Waals surface area contributed by atoms with Crippen LogP contribution in [-0.2, 0) is 4.79 Å². The first-order valence-corrected chi connectivity index (χ1v) is 5.16. The highest BCUT2D eigenvalue weighted by Gasteiger charge is 2.30. The Hall–Kier alpha value is -1.03. The van der Waals surface area contributed by atoms with E-state index in [9.17, 15) is 9.59 Å². The number of Topliss-reactive ketones (excluding diaryl/α,β-unsaturated/α-hetero) is 2. The quantitative estimate of drug-likeness (QED) is 0.542. The number of hydrogen-bond acceptors (Lipinski definition) is 4. The van der Waals surface area contributed by atoms with E-state index in [1.165, 1.54) is 11.3 Å². The molecule has 0 spiro atoms. The number of ketones is 2. The molecule has 1 aromatic heterocycles. The monoisotopic (exact) mass is 195 g/mol. The molecule has 68 valence electrons. The molecule has 0 aliphatic heterocycles. The van der Waals surface area contributed by atoms with Gasteiger partial charge in [-0.05, 0) is 12.8 Å². The number of nitrogens with zero attached hydrogens (tertiary/aromatic N) is 1. The van der Waals surface area contributed by atoms with E-state index < -0.39 is 0 Å². The van der Waals surface area contributed by atoms with Crippen molar-refractivity contribution in [3.05, 3.63) is 16.6 Å². The minimum atomic E-state index is -0.141. The highest BCUT2D eigenvalue weighted by molar-refractivity contribution is 7.07. The summed E-state index contributed by atoms with van der Waals surface area (Å²) in [5, 5.41) is 1.68. The number of carbonyl (C=O) groups is 2. The number of carbonyl (C=O) groups excluding carboxylic acids is 2. The van der Waals surface area contributed by atoms with E-state index in [0.717, 1.165) is 12.8 Å². The number of aromatic nitrogens is 1. The maximum absolute atomic E-state index is 11.4. The van der Waals surface area contributed by atoms with Crippen molar-refractivity contribution in [1.29, 1.82) is 0 Å². The highest BCUT2D eigenvalue weighted by atomic mass is 32.1. The standard InChI is InChI=1S/C9H9NO2S/c11-8(6-1-2-6)3-9(12)7-4-13-5-10-7/h4-6H,1-3H2. The second-order valence-corrected chi connectivity index (χ2v) is 3.93. The van der Waals surface area contributed by atoms with Crippen LogP contribution in [0.3, 0.4) is 0 Å². The van der Waals surface area contributed by atoms with Gasteiger partial charge in [0.05, 0.1) is 11.9 Å². The Balaban J connectivity index is 1.95. The molecule has 1 heterocycles. The Morgan fingerprint density at radius 1 is 1.54 bits per heavy atom. The van der Waals surface area contributed by atoms with E-state index in [1.54, 1.807) is 10.9 Å². The van der Waals surface area contributed by atoms with Crippen LogP contribution in [0.15, 0.2) is 10.9 Å². The van der Waals surface area contributed by atoms with E-state index in [1.807, 2.05) is 0 Å². The molecule has 2 rings (SSSR count). The molecule has 0 N–H and O–H groups in total. The van der Waals surface area contributed by atoms with Crippen molar-refractivity contribution in [3.63, 3.8) is 0 Å². The zero-order chi connectivity index (χ0) is 9.26. The largest absolute Gasteiger partial charge is 0.299 e. The lowest BCUT2D eigenvalue weighted by atomic mass is 10.1. The first-order valence-electron chi connectivity index (χ1n) is 4.21. The molecular weight excluding hydrogens is 186 g/mol. The molecule has 13 heavy (non-hydrogen) atoms. The van der Waals surface area contributed by atoms with Crippen molar-refractivity contribution < 1.29 is 9.59 Å². The van der Waals surface area contributed by atoms with Crippen molar-refractivity contribution in [3.8, 4) is 0 Å². The predicted molar refractivity (Wildman–Crippen MR) is 48.8 cm³/mol. The average Bonchev–Trinajstić information content (AvgIpc) is 2.81. The second kappa shape index (κ2) is 3.38. The van der Waals surface area contributed by atoms with Gasteiger partial charge >= 0.3 is 0 Å². The fourth-order valence-corrected chi connectivity index (χ4v) is 1.71. The lowest BCUT2D eigenvalue weighted by Crippen LogP contribution is -2.09. The first kappa shape index (κ1) is 8.56. The van der Waals surface area contributed by atoms with Gasteiger partial charge in [0.1, 0.15) is 11.5 Å². The molecule has 3 nitrogen and oxygen atoms in total. The first-order chi connectivity index (χ1) is 6.27. The molecule has 0 bridgehead atoms. The lowest BCUT2D eigenvalue weighted by Gasteiger charge is -1.94. The third-order valence-electron chi connectivity index (χ3n) is 2.09. The second-order valence-electron chi connectivity index (χ2n) is 3.21. The van der Waals surface area contributed by atoms with Gasteiger partial charge in [0.15, 0.2) is 5.78 Å². The fraction of sp³-hybridized carbons (Fsp3) is 0.444. The van der Waals surface area contributed by atoms with E-state index in [-0.39, 0.29) is 23.9 Å². The molecule has 0 aromatic carbocycles. The van der Waals surface area contributed by atoms with Gasteiger partial charge < -0.3 is 0 Å². The van der Waals surface area contributed by atoms with E-state index in [4.69, 9.17) is 0 Å². The summed E-state index contributed by atoms with van der Waals surface area (Å²) in [5.41, 5.74) is 2.04. The summed E-state index contributed by atoms with van der Waals surface area (Å²) in [6, 6.07) is 0. The SMILES string of the molecule is O=C(CC(=O)C1CC1)c1cscn1. The predicted octanol–water partition coefficient (Wildman–Crippen LogP) is 1.70. The number of hydrogen-bond donors (Lipinski definition) is 0. The van der Waals surface area contributed by atoms with E-state index in [0.29, 0.717) is 5.69 Å².